The van der Waals surface area contributed by atoms with Crippen LogP contribution in [-0.4, -0.2) is 67.7 Å². The first kappa shape index (κ1) is 37.9. The fourth-order valence-electron chi connectivity index (χ4n) is 6.87. The maximum Gasteiger partial charge on any atom is 0.407 e. The summed E-state index contributed by atoms with van der Waals surface area (Å²) in [6, 6.07) is 23.8. The maximum atomic E-state index is 14.3. The number of aliphatic hydroxyl groups is 1. The minimum Gasteiger partial charge on any atom is -0.453 e. The molecular formula is C38H52N4O6S. The topological polar surface area (TPSA) is 151 Å². The van der Waals surface area contributed by atoms with Crippen LogP contribution in [0.3, 0.4) is 0 Å². The van der Waals surface area contributed by atoms with Gasteiger partial charge in [-0.05, 0) is 79.8 Å². The second kappa shape index (κ2) is 17.6. The molecule has 2 atom stereocenters. The van der Waals surface area contributed by atoms with E-state index >= 15 is 0 Å². The number of carbonyl (C=O) groups excluding carboxylic acids is 2. The highest BCUT2D eigenvalue weighted by Crippen LogP contribution is 2.36. The van der Waals surface area contributed by atoms with Crippen molar-refractivity contribution in [2.75, 3.05) is 26.0 Å². The number of anilines is 1. The summed E-state index contributed by atoms with van der Waals surface area (Å²) >= 11 is 0. The monoisotopic (exact) mass is 692 g/mol. The van der Waals surface area contributed by atoms with E-state index in [9.17, 15) is 23.1 Å². The second-order valence-electron chi connectivity index (χ2n) is 13.5. The molecule has 2 unspecified atom stereocenters. The Kier molecular flexibility index (Phi) is 13.6. The third-order valence-electron chi connectivity index (χ3n) is 9.57. The molecule has 3 aromatic carbocycles. The molecule has 4 rings (SSSR count). The van der Waals surface area contributed by atoms with Gasteiger partial charge in [-0.15, -0.1) is 0 Å². The van der Waals surface area contributed by atoms with E-state index < -0.39 is 39.7 Å². The molecule has 0 aliphatic heterocycles. The highest BCUT2D eigenvalue weighted by molar-refractivity contribution is 7.89. The van der Waals surface area contributed by atoms with Crippen LogP contribution >= 0.6 is 0 Å². The zero-order valence-corrected chi connectivity index (χ0v) is 29.7. The Morgan fingerprint density at radius 1 is 0.918 bits per heavy atom. The maximum absolute atomic E-state index is 14.3. The lowest BCUT2D eigenvalue weighted by Gasteiger charge is -2.36. The average molecular weight is 693 g/mol. The number of benzene rings is 3. The first-order valence-electron chi connectivity index (χ1n) is 17.2. The van der Waals surface area contributed by atoms with Crippen molar-refractivity contribution in [2.24, 2.45) is 5.92 Å². The van der Waals surface area contributed by atoms with E-state index in [1.165, 1.54) is 23.5 Å². The molecule has 10 nitrogen and oxygen atoms in total. The summed E-state index contributed by atoms with van der Waals surface area (Å²) in [6.45, 7) is 4.03. The number of methoxy groups -OCH3 is 1. The summed E-state index contributed by atoms with van der Waals surface area (Å²) in [4.78, 5) is 27.1. The highest BCUT2D eigenvalue weighted by Gasteiger charge is 2.40. The number of aliphatic hydroxyl groups excluding tert-OH is 1. The normalized spacial score (nSPS) is 15.7. The molecule has 3 aromatic rings. The van der Waals surface area contributed by atoms with Crippen LogP contribution in [0.1, 0.15) is 82.3 Å². The molecule has 0 bridgehead atoms. The SMILES string of the molecule is COC(=O)NC(C(=O)NC1(CCCC(CO)N(CCC(C)C)S(=O)(=O)c2ccc(N)cc2)CCCC1)C(c1ccccc1)c1ccccc1. The van der Waals surface area contributed by atoms with Crippen molar-refractivity contribution in [1.82, 2.24) is 14.9 Å². The molecule has 1 fully saturated rings. The number of hydrogen-bond acceptors (Lipinski definition) is 7. The molecule has 0 radical (unpaired) electrons. The zero-order chi connectivity index (χ0) is 35.4. The molecule has 49 heavy (non-hydrogen) atoms. The highest BCUT2D eigenvalue weighted by atomic mass is 32.2. The van der Waals surface area contributed by atoms with Gasteiger partial charge in [0.1, 0.15) is 6.04 Å². The third kappa shape index (κ3) is 10.1. The lowest BCUT2D eigenvalue weighted by atomic mass is 9.83. The Hall–Kier alpha value is -3.93. The number of alkyl carbamates (subject to hydrolysis) is 1. The molecule has 5 N–H and O–H groups in total. The van der Waals surface area contributed by atoms with Gasteiger partial charge < -0.3 is 26.2 Å². The summed E-state index contributed by atoms with van der Waals surface area (Å²) in [5.74, 6) is -0.525. The quantitative estimate of drug-likeness (QED) is 0.130. The number of rotatable bonds is 17. The van der Waals surface area contributed by atoms with Gasteiger partial charge in [-0.3, -0.25) is 4.79 Å². The standard InChI is InChI=1S/C38H52N4O6S/c1-28(2)22-26-42(49(46,47)33-20-18-31(39)19-21-33)32(27-43)17-12-25-38(23-10-11-24-38)41-36(44)35(40-37(45)48-3)34(29-13-6-4-7-14-29)30-15-8-5-9-16-30/h4-9,13-16,18-21,28,32,34-35,43H,10-12,17,22-27,39H2,1-3H3,(H,40,45)(H,41,44). The fraction of sp³-hybridized carbons (Fsp3) is 0.474. The lowest BCUT2D eigenvalue weighted by molar-refractivity contribution is -0.125. The Morgan fingerprint density at radius 2 is 1.49 bits per heavy atom. The van der Waals surface area contributed by atoms with Crippen molar-refractivity contribution in [2.45, 2.75) is 93.7 Å². The van der Waals surface area contributed by atoms with E-state index in [2.05, 4.69) is 10.6 Å². The molecule has 0 saturated heterocycles. The Labute approximate surface area is 291 Å². The molecule has 0 heterocycles. The summed E-state index contributed by atoms with van der Waals surface area (Å²) in [5, 5.41) is 16.7. The minimum absolute atomic E-state index is 0.138. The van der Waals surface area contributed by atoms with Gasteiger partial charge in [-0.25, -0.2) is 13.2 Å². The largest absolute Gasteiger partial charge is 0.453 e. The van der Waals surface area contributed by atoms with E-state index in [4.69, 9.17) is 10.5 Å². The predicted octanol–water partition coefficient (Wildman–Crippen LogP) is 5.82. The molecule has 11 heteroatoms. The first-order chi connectivity index (χ1) is 23.5. The minimum atomic E-state index is -3.90. The number of ether oxygens (including phenoxy) is 1. The number of nitrogens with one attached hydrogen (secondary N) is 2. The number of sulfonamides is 1. The Bertz CT molecular complexity index is 1540. The molecule has 1 aliphatic rings. The molecule has 266 valence electrons. The number of nitrogen functional groups attached to an aromatic ring is 1. The van der Waals surface area contributed by atoms with E-state index in [1.807, 2.05) is 74.5 Å². The van der Waals surface area contributed by atoms with Gasteiger partial charge in [-0.2, -0.15) is 4.31 Å². The molecule has 1 aliphatic carbocycles. The fourth-order valence-corrected chi connectivity index (χ4v) is 8.54. The van der Waals surface area contributed by atoms with Crippen LogP contribution in [0.5, 0.6) is 0 Å². The number of hydrogen-bond donors (Lipinski definition) is 4. The lowest BCUT2D eigenvalue weighted by Crippen LogP contribution is -2.56. The van der Waals surface area contributed by atoms with E-state index in [1.54, 1.807) is 12.1 Å². The first-order valence-corrected chi connectivity index (χ1v) is 18.7. The van der Waals surface area contributed by atoms with Gasteiger partial charge in [0.05, 0.1) is 18.6 Å². The average Bonchev–Trinajstić information content (AvgIpc) is 3.56. The van der Waals surface area contributed by atoms with Crippen molar-refractivity contribution in [1.29, 1.82) is 0 Å². The van der Waals surface area contributed by atoms with Crippen LogP contribution in [0.4, 0.5) is 10.5 Å². The van der Waals surface area contributed by atoms with Crippen molar-refractivity contribution in [3.63, 3.8) is 0 Å². The molecule has 2 amide bonds. The van der Waals surface area contributed by atoms with Gasteiger partial charge >= 0.3 is 6.09 Å². The van der Waals surface area contributed by atoms with E-state index in [0.717, 1.165) is 36.8 Å². The summed E-state index contributed by atoms with van der Waals surface area (Å²) in [5.41, 5.74) is 7.51. The van der Waals surface area contributed by atoms with Crippen LogP contribution in [-0.2, 0) is 19.6 Å². The van der Waals surface area contributed by atoms with E-state index in [-0.39, 0.29) is 29.9 Å². The number of nitrogens with two attached hydrogens (primary N) is 1. The third-order valence-corrected chi connectivity index (χ3v) is 11.5. The van der Waals surface area contributed by atoms with Crippen LogP contribution < -0.4 is 16.4 Å². The van der Waals surface area contributed by atoms with E-state index in [0.29, 0.717) is 31.4 Å². The second-order valence-corrected chi connectivity index (χ2v) is 15.4. The van der Waals surface area contributed by atoms with Gasteiger partial charge in [0.25, 0.3) is 0 Å². The van der Waals surface area contributed by atoms with Crippen LogP contribution in [0, 0.1) is 5.92 Å². The van der Waals surface area contributed by atoms with Crippen molar-refractivity contribution < 1.29 is 27.9 Å². The van der Waals surface area contributed by atoms with Gasteiger partial charge in [0.15, 0.2) is 0 Å². The summed E-state index contributed by atoms with van der Waals surface area (Å²) in [6.07, 6.45) is 4.93. The summed E-state index contributed by atoms with van der Waals surface area (Å²) in [7, 11) is -2.62. The van der Waals surface area contributed by atoms with Crippen molar-refractivity contribution in [3.05, 3.63) is 96.1 Å². The number of carbonyl (C=O) groups is 2. The number of amides is 2. The molecule has 0 aromatic heterocycles. The molecule has 1 saturated carbocycles. The van der Waals surface area contributed by atoms with Crippen LogP contribution in [0.25, 0.3) is 0 Å². The van der Waals surface area contributed by atoms with Crippen molar-refractivity contribution >= 4 is 27.7 Å². The summed E-state index contributed by atoms with van der Waals surface area (Å²) < 4.78 is 34.1. The van der Waals surface area contributed by atoms with Gasteiger partial charge in [0.2, 0.25) is 15.9 Å². The molecule has 0 spiro atoms. The van der Waals surface area contributed by atoms with Gasteiger partial charge in [0, 0.05) is 29.7 Å². The van der Waals surface area contributed by atoms with Crippen molar-refractivity contribution in [3.8, 4) is 0 Å². The van der Waals surface area contributed by atoms with Crippen LogP contribution in [0.2, 0.25) is 0 Å². The Morgan fingerprint density at radius 3 is 2.00 bits per heavy atom. The molecular weight excluding hydrogens is 641 g/mol. The number of nitrogens with zero attached hydrogens (tertiary/aromatic N) is 1. The zero-order valence-electron chi connectivity index (χ0n) is 28.9. The predicted molar refractivity (Wildman–Crippen MR) is 192 cm³/mol. The smallest absolute Gasteiger partial charge is 0.407 e. The van der Waals surface area contributed by atoms with Gasteiger partial charge in [-0.1, -0.05) is 87.4 Å². The van der Waals surface area contributed by atoms with Crippen LogP contribution in [0.15, 0.2) is 89.8 Å². The Balaban J connectivity index is 1.56.